The number of aryl methyl sites for hydroxylation is 1. The summed E-state index contributed by atoms with van der Waals surface area (Å²) in [6.45, 7) is 0. The quantitative estimate of drug-likeness (QED) is 0.831. The van der Waals surface area contributed by atoms with Gasteiger partial charge in [-0.1, -0.05) is 12.1 Å². The summed E-state index contributed by atoms with van der Waals surface area (Å²) in [6.07, 6.45) is 3.85. The van der Waals surface area contributed by atoms with E-state index in [1.165, 1.54) is 0 Å². The molecule has 4 heteroatoms. The first kappa shape index (κ1) is 10.9. The third-order valence-corrected chi connectivity index (χ3v) is 3.09. The molecule has 3 rings (SSSR count). The van der Waals surface area contributed by atoms with Gasteiger partial charge in [0.15, 0.2) is 11.6 Å². The average molecular weight is 240 g/mol. The van der Waals surface area contributed by atoms with Gasteiger partial charge in [0.05, 0.1) is 11.3 Å². The summed E-state index contributed by atoms with van der Waals surface area (Å²) in [5, 5.41) is 9.45. The van der Waals surface area contributed by atoms with Crippen LogP contribution in [-0.4, -0.2) is 20.9 Å². The summed E-state index contributed by atoms with van der Waals surface area (Å²) in [6, 6.07) is 6.81. The Labute approximate surface area is 104 Å². The second-order valence-electron chi connectivity index (χ2n) is 4.38. The molecule has 0 bridgehead atoms. The Kier molecular flexibility index (Phi) is 2.55. The Bertz CT molecular complexity index is 623. The Morgan fingerprint density at radius 2 is 2.11 bits per heavy atom. The van der Waals surface area contributed by atoms with Crippen LogP contribution in [0.5, 0.6) is 5.75 Å². The van der Waals surface area contributed by atoms with Crippen molar-refractivity contribution < 1.29 is 9.90 Å². The van der Waals surface area contributed by atoms with Crippen molar-refractivity contribution in [3.63, 3.8) is 0 Å². The van der Waals surface area contributed by atoms with Crippen molar-refractivity contribution in [2.75, 3.05) is 0 Å². The normalized spacial score (nSPS) is 14.3. The highest BCUT2D eigenvalue weighted by molar-refractivity contribution is 5.97. The van der Waals surface area contributed by atoms with E-state index in [0.29, 0.717) is 17.8 Å². The van der Waals surface area contributed by atoms with Crippen molar-refractivity contribution in [3.8, 4) is 17.1 Å². The lowest BCUT2D eigenvalue weighted by atomic mass is 9.96. The molecule has 0 fully saturated rings. The second kappa shape index (κ2) is 4.22. The third kappa shape index (κ3) is 1.86. The molecule has 0 amide bonds. The van der Waals surface area contributed by atoms with Crippen LogP contribution >= 0.6 is 0 Å². The molecule has 1 N–H and O–H groups in total. The average Bonchev–Trinajstić information content (AvgIpc) is 2.39. The summed E-state index contributed by atoms with van der Waals surface area (Å²) in [5.74, 6) is 0.864. The van der Waals surface area contributed by atoms with E-state index in [1.54, 1.807) is 24.4 Å². The number of nitrogens with zero attached hydrogens (tertiary/aromatic N) is 2. The number of hydrogen-bond acceptors (Lipinski definition) is 4. The molecule has 18 heavy (non-hydrogen) atoms. The summed E-state index contributed by atoms with van der Waals surface area (Å²) in [5.41, 5.74) is 2.22. The lowest BCUT2D eigenvalue weighted by Crippen LogP contribution is -2.13. The van der Waals surface area contributed by atoms with Gasteiger partial charge in [-0.25, -0.2) is 9.97 Å². The van der Waals surface area contributed by atoms with Gasteiger partial charge in [-0.05, 0) is 25.0 Å². The van der Waals surface area contributed by atoms with Gasteiger partial charge in [0, 0.05) is 18.2 Å². The topological polar surface area (TPSA) is 63.1 Å². The van der Waals surface area contributed by atoms with Crippen LogP contribution < -0.4 is 0 Å². The van der Waals surface area contributed by atoms with Crippen molar-refractivity contribution in [2.24, 2.45) is 0 Å². The number of rotatable bonds is 1. The summed E-state index contributed by atoms with van der Waals surface area (Å²) < 4.78 is 0. The number of fused-ring (bicyclic) bond motifs is 1. The first-order valence-electron chi connectivity index (χ1n) is 5.92. The summed E-state index contributed by atoms with van der Waals surface area (Å²) in [7, 11) is 0. The van der Waals surface area contributed by atoms with Gasteiger partial charge in [-0.15, -0.1) is 0 Å². The minimum atomic E-state index is 0.124. The zero-order valence-electron chi connectivity index (χ0n) is 9.76. The smallest absolute Gasteiger partial charge is 0.166 e. The van der Waals surface area contributed by atoms with Gasteiger partial charge < -0.3 is 5.11 Å². The van der Waals surface area contributed by atoms with Gasteiger partial charge in [0.2, 0.25) is 0 Å². The number of aromatic nitrogens is 2. The fraction of sp³-hybridized carbons (Fsp3) is 0.214. The standard InChI is InChI=1S/C14H12N2O2/c17-10-4-1-3-9(7-10)14-15-8-11-12(16-14)5-2-6-13(11)18/h1,3-4,7-8,17H,2,5-6H2. The highest BCUT2D eigenvalue weighted by Crippen LogP contribution is 2.24. The molecule has 0 radical (unpaired) electrons. The predicted octanol–water partition coefficient (Wildman–Crippen LogP) is 2.37. The summed E-state index contributed by atoms with van der Waals surface area (Å²) in [4.78, 5) is 20.3. The van der Waals surface area contributed by atoms with Crippen LogP contribution in [-0.2, 0) is 6.42 Å². The molecule has 90 valence electrons. The molecule has 0 atom stereocenters. The maximum atomic E-state index is 11.7. The molecular weight excluding hydrogens is 228 g/mol. The molecule has 1 aliphatic rings. The van der Waals surface area contributed by atoms with E-state index in [9.17, 15) is 9.90 Å². The van der Waals surface area contributed by atoms with E-state index in [1.807, 2.05) is 6.07 Å². The lowest BCUT2D eigenvalue weighted by molar-refractivity contribution is 0.0971. The number of aromatic hydroxyl groups is 1. The number of benzene rings is 1. The van der Waals surface area contributed by atoms with Crippen LogP contribution in [0.15, 0.2) is 30.5 Å². The molecule has 0 spiro atoms. The maximum Gasteiger partial charge on any atom is 0.166 e. The zero-order valence-corrected chi connectivity index (χ0v) is 9.76. The first-order chi connectivity index (χ1) is 8.74. The number of carbonyl (C=O) groups excluding carboxylic acids is 1. The van der Waals surface area contributed by atoms with Crippen molar-refractivity contribution >= 4 is 5.78 Å². The number of carbonyl (C=O) groups is 1. The van der Waals surface area contributed by atoms with Crippen molar-refractivity contribution in [1.29, 1.82) is 0 Å². The molecule has 0 saturated carbocycles. The van der Waals surface area contributed by atoms with Gasteiger partial charge >= 0.3 is 0 Å². The van der Waals surface area contributed by atoms with Crippen molar-refractivity contribution in [3.05, 3.63) is 41.7 Å². The zero-order chi connectivity index (χ0) is 12.5. The molecule has 4 nitrogen and oxygen atoms in total. The number of hydrogen-bond donors (Lipinski definition) is 1. The Balaban J connectivity index is 2.07. The highest BCUT2D eigenvalue weighted by Gasteiger charge is 2.19. The van der Waals surface area contributed by atoms with Crippen LogP contribution in [0.2, 0.25) is 0 Å². The molecular formula is C14H12N2O2. The van der Waals surface area contributed by atoms with Crippen molar-refractivity contribution in [1.82, 2.24) is 9.97 Å². The molecule has 0 saturated heterocycles. The van der Waals surface area contributed by atoms with E-state index in [0.717, 1.165) is 24.1 Å². The van der Waals surface area contributed by atoms with Gasteiger partial charge in [0.1, 0.15) is 5.75 Å². The Morgan fingerprint density at radius 3 is 2.94 bits per heavy atom. The van der Waals surface area contributed by atoms with E-state index in [2.05, 4.69) is 9.97 Å². The van der Waals surface area contributed by atoms with E-state index >= 15 is 0 Å². The Hall–Kier alpha value is -2.23. The van der Waals surface area contributed by atoms with Gasteiger partial charge in [0.25, 0.3) is 0 Å². The first-order valence-corrected chi connectivity index (χ1v) is 5.92. The minimum absolute atomic E-state index is 0.124. The largest absolute Gasteiger partial charge is 0.508 e. The number of phenolic OH excluding ortho intramolecular Hbond substituents is 1. The third-order valence-electron chi connectivity index (χ3n) is 3.09. The van der Waals surface area contributed by atoms with Crippen LogP contribution in [0.25, 0.3) is 11.4 Å². The fourth-order valence-corrected chi connectivity index (χ4v) is 2.18. The van der Waals surface area contributed by atoms with Crippen LogP contribution in [0.4, 0.5) is 0 Å². The number of phenols is 1. The van der Waals surface area contributed by atoms with Crippen molar-refractivity contribution in [2.45, 2.75) is 19.3 Å². The molecule has 1 aliphatic carbocycles. The SMILES string of the molecule is O=C1CCCc2nc(-c3cccc(O)c3)ncc21. The monoisotopic (exact) mass is 240 g/mol. The van der Waals surface area contributed by atoms with E-state index < -0.39 is 0 Å². The predicted molar refractivity (Wildman–Crippen MR) is 66.4 cm³/mol. The molecule has 0 aliphatic heterocycles. The Morgan fingerprint density at radius 1 is 1.22 bits per heavy atom. The summed E-state index contributed by atoms with van der Waals surface area (Å²) >= 11 is 0. The molecule has 1 aromatic carbocycles. The number of Topliss-reactive ketones (excluding diaryl/α,β-unsaturated/α-hetero) is 1. The number of ketones is 1. The van der Waals surface area contributed by atoms with Gasteiger partial charge in [-0.3, -0.25) is 4.79 Å². The minimum Gasteiger partial charge on any atom is -0.508 e. The van der Waals surface area contributed by atoms with Gasteiger partial charge in [-0.2, -0.15) is 0 Å². The van der Waals surface area contributed by atoms with Crippen LogP contribution in [0.3, 0.4) is 0 Å². The molecule has 1 aromatic heterocycles. The van der Waals surface area contributed by atoms with E-state index in [4.69, 9.17) is 0 Å². The van der Waals surface area contributed by atoms with Crippen LogP contribution in [0, 0.1) is 0 Å². The van der Waals surface area contributed by atoms with E-state index in [-0.39, 0.29) is 11.5 Å². The highest BCUT2D eigenvalue weighted by atomic mass is 16.3. The fourth-order valence-electron chi connectivity index (χ4n) is 2.18. The molecule has 1 heterocycles. The maximum absolute atomic E-state index is 11.7. The lowest BCUT2D eigenvalue weighted by Gasteiger charge is -2.13. The second-order valence-corrected chi connectivity index (χ2v) is 4.38. The molecule has 0 unspecified atom stereocenters. The van der Waals surface area contributed by atoms with Crippen LogP contribution in [0.1, 0.15) is 28.9 Å². The molecule has 2 aromatic rings.